The van der Waals surface area contributed by atoms with Crippen molar-refractivity contribution in [2.45, 2.75) is 25.5 Å². The number of halogens is 9. The molecule has 0 aliphatic heterocycles. The summed E-state index contributed by atoms with van der Waals surface area (Å²) >= 11 is 0. The lowest BCUT2D eigenvalue weighted by atomic mass is 10.1. The molecular weight excluding hydrogens is 507 g/mol. The van der Waals surface area contributed by atoms with Gasteiger partial charge in [0.2, 0.25) is 0 Å². The molecule has 0 amide bonds. The van der Waals surface area contributed by atoms with E-state index in [1.807, 2.05) is 0 Å². The molecule has 0 saturated heterocycles. The molecule has 0 N–H and O–H groups in total. The summed E-state index contributed by atoms with van der Waals surface area (Å²) in [5, 5.41) is 0. The van der Waals surface area contributed by atoms with E-state index >= 15 is 0 Å². The van der Waals surface area contributed by atoms with Crippen LogP contribution in [0.25, 0.3) is 28.2 Å². The van der Waals surface area contributed by atoms with Gasteiger partial charge in [0, 0.05) is 23.0 Å². The second kappa shape index (κ2) is 8.68. The predicted molar refractivity (Wildman–Crippen MR) is 108 cm³/mol. The zero-order chi connectivity index (χ0) is 26.5. The maximum absolute atomic E-state index is 13.8. The van der Waals surface area contributed by atoms with Crippen LogP contribution < -0.4 is 4.74 Å². The Balaban J connectivity index is 1.91. The molecule has 0 fully saturated rings. The van der Waals surface area contributed by atoms with E-state index in [-0.39, 0.29) is 11.3 Å². The minimum absolute atomic E-state index is 0.0222. The Morgan fingerprint density at radius 1 is 0.833 bits per heavy atom. The summed E-state index contributed by atoms with van der Waals surface area (Å²) in [7, 11) is 0. The van der Waals surface area contributed by atoms with Crippen molar-refractivity contribution < 1.29 is 44.3 Å². The molecule has 14 heteroatoms. The topological polar surface area (TPSA) is 52.3 Å². The van der Waals surface area contributed by atoms with Gasteiger partial charge in [0.15, 0.2) is 12.3 Å². The van der Waals surface area contributed by atoms with Gasteiger partial charge in [0.05, 0.1) is 11.3 Å². The highest BCUT2D eigenvalue weighted by Gasteiger charge is 2.38. The average Bonchev–Trinajstić information content (AvgIpc) is 3.19. The minimum atomic E-state index is -5.16. The molecule has 3 aromatic heterocycles. The molecule has 0 aliphatic carbocycles. The smallest absolute Gasteiger partial charge is 0.431 e. The fourth-order valence-corrected chi connectivity index (χ4v) is 3.43. The molecule has 5 nitrogen and oxygen atoms in total. The van der Waals surface area contributed by atoms with Crippen molar-refractivity contribution >= 4 is 5.65 Å². The fraction of sp³-hybridized carbons (Fsp3) is 0.227. The summed E-state index contributed by atoms with van der Waals surface area (Å²) in [5.74, 6) is -1.13. The highest BCUT2D eigenvalue weighted by molar-refractivity contribution is 5.77. The number of nitrogens with zero attached hydrogens (tertiary/aromatic N) is 4. The summed E-state index contributed by atoms with van der Waals surface area (Å²) in [6, 6.07) is 5.43. The maximum atomic E-state index is 13.8. The number of pyridine rings is 1. The van der Waals surface area contributed by atoms with Gasteiger partial charge < -0.3 is 4.74 Å². The predicted octanol–water partition coefficient (Wildman–Crippen LogP) is 6.75. The van der Waals surface area contributed by atoms with E-state index in [4.69, 9.17) is 0 Å². The zero-order valence-electron chi connectivity index (χ0n) is 17.9. The normalized spacial score (nSPS) is 12.8. The van der Waals surface area contributed by atoms with Crippen molar-refractivity contribution in [2.75, 3.05) is 6.61 Å². The van der Waals surface area contributed by atoms with Gasteiger partial charge in [-0.15, -0.1) is 0 Å². The van der Waals surface area contributed by atoms with Gasteiger partial charge >= 0.3 is 18.5 Å². The molecule has 190 valence electrons. The average molecular weight is 520 g/mol. The molecule has 0 saturated carbocycles. The summed E-state index contributed by atoms with van der Waals surface area (Å²) < 4.78 is 125. The van der Waals surface area contributed by atoms with E-state index in [2.05, 4.69) is 19.7 Å². The van der Waals surface area contributed by atoms with Gasteiger partial charge in [-0.2, -0.15) is 39.5 Å². The number of aryl methyl sites for hydroxylation is 1. The molecule has 0 bridgehead atoms. The Hall–Kier alpha value is -3.84. The number of imidazole rings is 1. The SMILES string of the molecule is Cc1cc(-c2ncn3c(C(F)(F)F)cc(-c4ccc(OCC(F)(F)F)c(C(F)(F)F)c4)nc23)ccn1. The molecular formula is C22H13F9N4O. The van der Waals surface area contributed by atoms with Gasteiger partial charge in [0.1, 0.15) is 23.5 Å². The number of ether oxygens (including phenoxy) is 1. The Labute approximate surface area is 196 Å². The highest BCUT2D eigenvalue weighted by atomic mass is 19.4. The van der Waals surface area contributed by atoms with Crippen molar-refractivity contribution in [1.82, 2.24) is 19.4 Å². The number of benzene rings is 1. The molecule has 0 atom stereocenters. The molecule has 1 aromatic carbocycles. The first kappa shape index (κ1) is 25.3. The summed E-state index contributed by atoms with van der Waals surface area (Å²) in [5.41, 5.74) is -3.16. The van der Waals surface area contributed by atoms with E-state index in [9.17, 15) is 39.5 Å². The van der Waals surface area contributed by atoms with Crippen LogP contribution in [-0.4, -0.2) is 32.1 Å². The van der Waals surface area contributed by atoms with Crippen molar-refractivity contribution in [3.63, 3.8) is 0 Å². The number of hydrogen-bond acceptors (Lipinski definition) is 4. The molecule has 0 spiro atoms. The maximum Gasteiger partial charge on any atom is 0.431 e. The molecule has 0 unspecified atom stereocenters. The molecule has 4 aromatic rings. The zero-order valence-corrected chi connectivity index (χ0v) is 17.9. The van der Waals surface area contributed by atoms with Gasteiger partial charge in [-0.05, 0) is 43.3 Å². The molecule has 36 heavy (non-hydrogen) atoms. The second-order valence-electron chi connectivity index (χ2n) is 7.61. The summed E-state index contributed by atoms with van der Waals surface area (Å²) in [4.78, 5) is 12.1. The van der Waals surface area contributed by atoms with Crippen molar-refractivity contribution in [3.05, 3.63) is 65.9 Å². The first-order chi connectivity index (χ1) is 16.6. The van der Waals surface area contributed by atoms with Crippen LogP contribution in [0.3, 0.4) is 0 Å². The quantitative estimate of drug-likeness (QED) is 0.280. The lowest BCUT2D eigenvalue weighted by Gasteiger charge is -2.17. The van der Waals surface area contributed by atoms with Crippen LogP contribution in [0.2, 0.25) is 0 Å². The number of hydrogen-bond donors (Lipinski definition) is 0. The minimum Gasteiger partial charge on any atom is -0.483 e. The highest BCUT2D eigenvalue weighted by Crippen LogP contribution is 2.40. The number of rotatable bonds is 4. The van der Waals surface area contributed by atoms with E-state index in [1.54, 1.807) is 13.0 Å². The molecule has 3 heterocycles. The van der Waals surface area contributed by atoms with Crippen LogP contribution in [0, 0.1) is 6.92 Å². The van der Waals surface area contributed by atoms with E-state index in [0.717, 1.165) is 12.4 Å². The van der Waals surface area contributed by atoms with E-state index in [0.29, 0.717) is 33.9 Å². The Morgan fingerprint density at radius 2 is 1.56 bits per heavy atom. The molecule has 0 radical (unpaired) electrons. The third-order valence-corrected chi connectivity index (χ3v) is 4.93. The van der Waals surface area contributed by atoms with Gasteiger partial charge in [-0.1, -0.05) is 0 Å². The fourth-order valence-electron chi connectivity index (χ4n) is 3.43. The summed E-state index contributed by atoms with van der Waals surface area (Å²) in [6.07, 6.45) is -12.7. The van der Waals surface area contributed by atoms with Crippen molar-refractivity contribution in [3.8, 4) is 28.3 Å². The first-order valence-electron chi connectivity index (χ1n) is 9.93. The third-order valence-electron chi connectivity index (χ3n) is 4.93. The lowest BCUT2D eigenvalue weighted by molar-refractivity contribution is -0.158. The largest absolute Gasteiger partial charge is 0.483 e. The van der Waals surface area contributed by atoms with Gasteiger partial charge in [-0.3, -0.25) is 9.38 Å². The van der Waals surface area contributed by atoms with E-state index in [1.165, 1.54) is 12.3 Å². The Kier molecular flexibility index (Phi) is 6.09. The molecule has 4 rings (SSSR count). The van der Waals surface area contributed by atoms with Crippen LogP contribution in [0.5, 0.6) is 5.75 Å². The van der Waals surface area contributed by atoms with Gasteiger partial charge in [-0.25, -0.2) is 9.97 Å². The van der Waals surface area contributed by atoms with Crippen molar-refractivity contribution in [2.24, 2.45) is 0 Å². The number of fused-ring (bicyclic) bond motifs is 1. The van der Waals surface area contributed by atoms with Crippen molar-refractivity contribution in [1.29, 1.82) is 0 Å². The van der Waals surface area contributed by atoms with Crippen LogP contribution in [0.4, 0.5) is 39.5 Å². The third kappa shape index (κ3) is 5.21. The second-order valence-corrected chi connectivity index (χ2v) is 7.61. The Bertz CT molecular complexity index is 1420. The number of alkyl halides is 9. The molecule has 0 aliphatic rings. The number of aromatic nitrogens is 4. The standard InChI is InChI=1S/C22H13F9N4O/c1-11-6-13(4-5-32-11)18-19-34-15(8-17(22(29,30)31)35(19)10-33-18)12-2-3-16(36-9-20(23,24)25)14(7-12)21(26,27)28/h2-8,10H,9H2,1H3. The van der Waals surface area contributed by atoms with Crippen LogP contribution in [-0.2, 0) is 12.4 Å². The van der Waals surface area contributed by atoms with E-state index < -0.39 is 53.4 Å². The first-order valence-corrected chi connectivity index (χ1v) is 9.93. The van der Waals surface area contributed by atoms with Gasteiger partial charge in [0.25, 0.3) is 0 Å². The lowest BCUT2D eigenvalue weighted by Crippen LogP contribution is -2.21. The summed E-state index contributed by atoms with van der Waals surface area (Å²) in [6.45, 7) is -0.342. The van der Waals surface area contributed by atoms with Crippen LogP contribution >= 0.6 is 0 Å². The van der Waals surface area contributed by atoms with Crippen LogP contribution in [0.1, 0.15) is 17.0 Å². The Morgan fingerprint density at radius 3 is 2.17 bits per heavy atom. The van der Waals surface area contributed by atoms with Crippen LogP contribution in [0.15, 0.2) is 48.9 Å². The monoisotopic (exact) mass is 520 g/mol.